The summed E-state index contributed by atoms with van der Waals surface area (Å²) in [6, 6.07) is 0.612. The van der Waals surface area contributed by atoms with E-state index in [1.165, 1.54) is 0 Å². The second-order valence-electron chi connectivity index (χ2n) is 3.79. The summed E-state index contributed by atoms with van der Waals surface area (Å²) in [4.78, 5) is 2.45. The van der Waals surface area contributed by atoms with Crippen LogP contribution in [0.5, 0.6) is 0 Å². The van der Waals surface area contributed by atoms with Crippen LogP contribution in [0.4, 0.5) is 0 Å². The van der Waals surface area contributed by atoms with Crippen molar-refractivity contribution in [2.75, 3.05) is 38.2 Å². The molecule has 3 nitrogen and oxygen atoms in total. The second kappa shape index (κ2) is 5.73. The molecule has 0 spiro atoms. The second-order valence-corrected chi connectivity index (χ2v) is 5.34. The lowest BCUT2D eigenvalue weighted by Crippen LogP contribution is -2.49. The van der Waals surface area contributed by atoms with Gasteiger partial charge in [0.25, 0.3) is 0 Å². The van der Waals surface area contributed by atoms with Gasteiger partial charge in [-0.15, -0.1) is 0 Å². The molecule has 13 heavy (non-hydrogen) atoms. The Morgan fingerprint density at radius 3 is 3.00 bits per heavy atom. The third-order valence-electron chi connectivity index (χ3n) is 2.36. The fraction of sp³-hybridized carbons (Fsp3) is 1.00. The predicted molar refractivity (Wildman–Crippen MR) is 57.5 cm³/mol. The van der Waals surface area contributed by atoms with Gasteiger partial charge in [-0.1, -0.05) is 0 Å². The van der Waals surface area contributed by atoms with Crippen molar-refractivity contribution < 1.29 is 4.21 Å². The van der Waals surface area contributed by atoms with Crippen molar-refractivity contribution in [1.82, 2.24) is 10.2 Å². The van der Waals surface area contributed by atoms with Crippen LogP contribution in [-0.2, 0) is 10.8 Å². The molecule has 0 aromatic rings. The molecule has 1 heterocycles. The number of piperazine rings is 1. The van der Waals surface area contributed by atoms with Crippen molar-refractivity contribution in [2.45, 2.75) is 19.4 Å². The van der Waals surface area contributed by atoms with Gasteiger partial charge in [-0.25, -0.2) is 0 Å². The van der Waals surface area contributed by atoms with Crippen LogP contribution in [0.15, 0.2) is 0 Å². The maximum absolute atomic E-state index is 10.8. The van der Waals surface area contributed by atoms with Gasteiger partial charge in [-0.3, -0.25) is 4.21 Å². The fourth-order valence-electron chi connectivity index (χ4n) is 1.71. The van der Waals surface area contributed by atoms with E-state index in [9.17, 15) is 4.21 Å². The van der Waals surface area contributed by atoms with E-state index in [4.69, 9.17) is 0 Å². The molecular formula is C9H20N2OS. The Labute approximate surface area is 83.3 Å². The molecule has 0 bridgehead atoms. The van der Waals surface area contributed by atoms with E-state index in [1.807, 2.05) is 0 Å². The summed E-state index contributed by atoms with van der Waals surface area (Å²) in [6.45, 7) is 6.68. The van der Waals surface area contributed by atoms with Gasteiger partial charge in [0.15, 0.2) is 0 Å². The minimum atomic E-state index is -0.621. The Kier molecular flexibility index (Phi) is 4.91. The van der Waals surface area contributed by atoms with E-state index in [-0.39, 0.29) is 0 Å². The highest BCUT2D eigenvalue weighted by Crippen LogP contribution is 1.99. The molecule has 0 aliphatic carbocycles. The van der Waals surface area contributed by atoms with Crippen LogP contribution >= 0.6 is 0 Å². The van der Waals surface area contributed by atoms with Crippen LogP contribution in [0.25, 0.3) is 0 Å². The smallest absolute Gasteiger partial charge is 0.0244 e. The maximum atomic E-state index is 10.8. The minimum absolute atomic E-state index is 0.612. The SMILES string of the molecule is CC1CN(CCCS(C)=O)CCN1. The Bertz CT molecular complexity index is 175. The Morgan fingerprint density at radius 2 is 2.38 bits per heavy atom. The first-order valence-corrected chi connectivity index (χ1v) is 6.67. The van der Waals surface area contributed by atoms with Gasteiger partial charge in [-0.05, 0) is 19.9 Å². The minimum Gasteiger partial charge on any atom is -0.312 e. The van der Waals surface area contributed by atoms with Crippen LogP contribution in [0.2, 0.25) is 0 Å². The zero-order valence-electron chi connectivity index (χ0n) is 8.58. The van der Waals surface area contributed by atoms with E-state index in [1.54, 1.807) is 6.26 Å². The molecule has 0 aromatic carbocycles. The van der Waals surface area contributed by atoms with Gasteiger partial charge in [0, 0.05) is 48.5 Å². The summed E-state index contributed by atoms with van der Waals surface area (Å²) < 4.78 is 10.8. The highest BCUT2D eigenvalue weighted by atomic mass is 32.2. The first kappa shape index (κ1) is 11.1. The first-order chi connectivity index (χ1) is 6.18. The summed E-state index contributed by atoms with van der Waals surface area (Å²) in [6.07, 6.45) is 2.84. The average Bonchev–Trinajstić information content (AvgIpc) is 2.03. The lowest BCUT2D eigenvalue weighted by molar-refractivity contribution is 0.208. The molecule has 4 heteroatoms. The van der Waals surface area contributed by atoms with E-state index in [0.29, 0.717) is 6.04 Å². The molecule has 78 valence electrons. The molecule has 0 amide bonds. The van der Waals surface area contributed by atoms with Crippen molar-refractivity contribution in [3.8, 4) is 0 Å². The lowest BCUT2D eigenvalue weighted by Gasteiger charge is -2.31. The van der Waals surface area contributed by atoms with E-state index in [2.05, 4.69) is 17.1 Å². The fourth-order valence-corrected chi connectivity index (χ4v) is 2.24. The average molecular weight is 204 g/mol. The Hall–Kier alpha value is 0.0700. The molecule has 1 rings (SSSR count). The molecule has 0 radical (unpaired) electrons. The van der Waals surface area contributed by atoms with Gasteiger partial charge < -0.3 is 10.2 Å². The molecule has 1 fully saturated rings. The molecule has 0 saturated carbocycles. The van der Waals surface area contributed by atoms with E-state index in [0.717, 1.165) is 38.4 Å². The number of rotatable bonds is 4. The number of hydrogen-bond donors (Lipinski definition) is 1. The standard InChI is InChI=1S/C9H20N2OS/c1-9-8-11(6-4-10-9)5-3-7-13(2)12/h9-10H,3-8H2,1-2H3. The summed E-state index contributed by atoms with van der Waals surface area (Å²) in [5, 5.41) is 3.41. The third-order valence-corrected chi connectivity index (χ3v) is 3.22. The van der Waals surface area contributed by atoms with Crippen molar-refractivity contribution in [2.24, 2.45) is 0 Å². The lowest BCUT2D eigenvalue weighted by atomic mass is 10.2. The molecule has 0 aromatic heterocycles. The zero-order chi connectivity index (χ0) is 9.68. The quantitative estimate of drug-likeness (QED) is 0.702. The molecule has 2 unspecified atom stereocenters. The van der Waals surface area contributed by atoms with Gasteiger partial charge in [0.2, 0.25) is 0 Å². The monoisotopic (exact) mass is 204 g/mol. The van der Waals surface area contributed by atoms with Crippen molar-refractivity contribution in [3.05, 3.63) is 0 Å². The van der Waals surface area contributed by atoms with Crippen LogP contribution in [0.1, 0.15) is 13.3 Å². The molecule has 1 N–H and O–H groups in total. The largest absolute Gasteiger partial charge is 0.312 e. The highest BCUT2D eigenvalue weighted by Gasteiger charge is 2.14. The van der Waals surface area contributed by atoms with Gasteiger partial charge >= 0.3 is 0 Å². The van der Waals surface area contributed by atoms with E-state index >= 15 is 0 Å². The Morgan fingerprint density at radius 1 is 1.62 bits per heavy atom. The number of hydrogen-bond acceptors (Lipinski definition) is 3. The normalized spacial score (nSPS) is 27.4. The van der Waals surface area contributed by atoms with Crippen molar-refractivity contribution >= 4 is 10.8 Å². The van der Waals surface area contributed by atoms with Crippen LogP contribution in [0.3, 0.4) is 0 Å². The first-order valence-electron chi connectivity index (χ1n) is 4.94. The molecular weight excluding hydrogens is 184 g/mol. The van der Waals surface area contributed by atoms with Gasteiger partial charge in [0.1, 0.15) is 0 Å². The van der Waals surface area contributed by atoms with Crippen LogP contribution < -0.4 is 5.32 Å². The summed E-state index contributed by atoms with van der Waals surface area (Å²) in [5.74, 6) is 0.846. The third kappa shape index (κ3) is 4.74. The summed E-state index contributed by atoms with van der Waals surface area (Å²) in [7, 11) is -0.621. The highest BCUT2D eigenvalue weighted by molar-refractivity contribution is 7.84. The predicted octanol–water partition coefficient (Wildman–Crippen LogP) is 0.0487. The molecule has 1 aliphatic rings. The summed E-state index contributed by atoms with van der Waals surface area (Å²) >= 11 is 0. The number of nitrogens with one attached hydrogen (secondary N) is 1. The van der Waals surface area contributed by atoms with Crippen LogP contribution in [0, 0.1) is 0 Å². The zero-order valence-corrected chi connectivity index (χ0v) is 9.40. The van der Waals surface area contributed by atoms with Crippen molar-refractivity contribution in [3.63, 3.8) is 0 Å². The number of nitrogens with zero attached hydrogens (tertiary/aromatic N) is 1. The Balaban J connectivity index is 2.10. The molecule has 2 atom stereocenters. The van der Waals surface area contributed by atoms with Crippen molar-refractivity contribution in [1.29, 1.82) is 0 Å². The van der Waals surface area contributed by atoms with E-state index < -0.39 is 10.8 Å². The maximum Gasteiger partial charge on any atom is 0.0244 e. The summed E-state index contributed by atoms with van der Waals surface area (Å²) in [5.41, 5.74) is 0. The van der Waals surface area contributed by atoms with Gasteiger partial charge in [-0.2, -0.15) is 0 Å². The van der Waals surface area contributed by atoms with Gasteiger partial charge in [0.05, 0.1) is 0 Å². The topological polar surface area (TPSA) is 32.3 Å². The molecule has 1 saturated heterocycles. The van der Waals surface area contributed by atoms with Crippen LogP contribution in [-0.4, -0.2) is 53.3 Å². The molecule has 1 aliphatic heterocycles.